The highest BCUT2D eigenvalue weighted by Gasteiger charge is 2.21. The van der Waals surface area contributed by atoms with Gasteiger partial charge in [0.1, 0.15) is 4.83 Å². The minimum absolute atomic E-state index is 0.682. The van der Waals surface area contributed by atoms with E-state index in [1.807, 2.05) is 18.5 Å². The van der Waals surface area contributed by atoms with Crippen molar-refractivity contribution in [1.29, 1.82) is 0 Å². The molecule has 0 spiro atoms. The highest BCUT2D eigenvalue weighted by atomic mass is 32.1. The predicted molar refractivity (Wildman–Crippen MR) is 93.3 cm³/mol. The SMILES string of the molecule is c1cnc2sc3c(N4CCOCC4)nc(-c4cn[nH]c4)nc3c2c1. The van der Waals surface area contributed by atoms with Crippen LogP contribution in [0.15, 0.2) is 30.7 Å². The summed E-state index contributed by atoms with van der Waals surface area (Å²) >= 11 is 1.65. The lowest BCUT2D eigenvalue weighted by Gasteiger charge is -2.28. The molecule has 4 aromatic rings. The van der Waals surface area contributed by atoms with Crippen molar-refractivity contribution in [2.75, 3.05) is 31.2 Å². The number of aromatic nitrogens is 5. The molecule has 0 bridgehead atoms. The molecule has 7 nitrogen and oxygen atoms in total. The van der Waals surface area contributed by atoms with E-state index in [-0.39, 0.29) is 0 Å². The van der Waals surface area contributed by atoms with Gasteiger partial charge in [-0.15, -0.1) is 11.3 Å². The lowest BCUT2D eigenvalue weighted by atomic mass is 10.2. The first-order valence-corrected chi connectivity index (χ1v) is 8.59. The highest BCUT2D eigenvalue weighted by molar-refractivity contribution is 7.25. The summed E-state index contributed by atoms with van der Waals surface area (Å²) in [6.45, 7) is 3.10. The highest BCUT2D eigenvalue weighted by Crippen LogP contribution is 2.38. The molecule has 1 N–H and O–H groups in total. The van der Waals surface area contributed by atoms with Gasteiger partial charge < -0.3 is 9.64 Å². The van der Waals surface area contributed by atoms with Crippen LogP contribution in [0.2, 0.25) is 0 Å². The van der Waals surface area contributed by atoms with Crippen molar-refractivity contribution in [3.05, 3.63) is 30.7 Å². The first kappa shape index (κ1) is 13.8. The monoisotopic (exact) mass is 338 g/mol. The summed E-state index contributed by atoms with van der Waals surface area (Å²) in [6, 6.07) is 4.01. The average molecular weight is 338 g/mol. The van der Waals surface area contributed by atoms with Crippen LogP contribution in [0.25, 0.3) is 31.8 Å². The molecule has 5 heterocycles. The summed E-state index contributed by atoms with van der Waals surface area (Å²) in [7, 11) is 0. The Morgan fingerprint density at radius 2 is 2.12 bits per heavy atom. The Morgan fingerprint density at radius 1 is 1.21 bits per heavy atom. The Kier molecular flexibility index (Phi) is 3.17. The molecule has 0 radical (unpaired) electrons. The van der Waals surface area contributed by atoms with Crippen molar-refractivity contribution in [3.8, 4) is 11.4 Å². The minimum atomic E-state index is 0.682. The van der Waals surface area contributed by atoms with Crippen LogP contribution in [-0.4, -0.2) is 51.5 Å². The van der Waals surface area contributed by atoms with Gasteiger partial charge in [-0.25, -0.2) is 15.0 Å². The zero-order valence-electron chi connectivity index (χ0n) is 12.8. The third kappa shape index (κ3) is 2.15. The van der Waals surface area contributed by atoms with Gasteiger partial charge in [0.05, 0.1) is 35.2 Å². The number of anilines is 1. The molecule has 1 aliphatic rings. The second kappa shape index (κ2) is 5.50. The number of nitrogens with zero attached hydrogens (tertiary/aromatic N) is 5. The van der Waals surface area contributed by atoms with E-state index in [0.29, 0.717) is 5.82 Å². The second-order valence-corrected chi connectivity index (χ2v) is 6.59. The molecule has 0 aromatic carbocycles. The Hall–Kier alpha value is -2.58. The van der Waals surface area contributed by atoms with Gasteiger partial charge in [-0.1, -0.05) is 0 Å². The minimum Gasteiger partial charge on any atom is -0.378 e. The van der Waals surface area contributed by atoms with Crippen LogP contribution in [-0.2, 0) is 4.74 Å². The molecular weight excluding hydrogens is 324 g/mol. The van der Waals surface area contributed by atoms with Gasteiger partial charge in [-0.3, -0.25) is 5.10 Å². The zero-order chi connectivity index (χ0) is 15.9. The fraction of sp³-hybridized carbons (Fsp3) is 0.250. The zero-order valence-corrected chi connectivity index (χ0v) is 13.6. The number of pyridine rings is 1. The summed E-state index contributed by atoms with van der Waals surface area (Å²) in [5.74, 6) is 1.64. The Labute approximate surface area is 141 Å². The number of thiophene rings is 1. The van der Waals surface area contributed by atoms with Gasteiger partial charge in [0, 0.05) is 30.9 Å². The van der Waals surface area contributed by atoms with E-state index >= 15 is 0 Å². The van der Waals surface area contributed by atoms with Crippen LogP contribution in [0.3, 0.4) is 0 Å². The molecule has 1 aliphatic heterocycles. The van der Waals surface area contributed by atoms with Crippen molar-refractivity contribution >= 4 is 37.6 Å². The first-order chi connectivity index (χ1) is 11.9. The Morgan fingerprint density at radius 3 is 2.96 bits per heavy atom. The number of H-pyrrole nitrogens is 1. The van der Waals surface area contributed by atoms with Crippen LogP contribution >= 0.6 is 11.3 Å². The third-order valence-corrected chi connectivity index (χ3v) is 5.24. The molecule has 24 heavy (non-hydrogen) atoms. The fourth-order valence-corrected chi connectivity index (χ4v) is 4.06. The Bertz CT molecular complexity index is 1010. The van der Waals surface area contributed by atoms with Crippen molar-refractivity contribution in [1.82, 2.24) is 25.1 Å². The lowest BCUT2D eigenvalue weighted by molar-refractivity contribution is 0.122. The second-order valence-electron chi connectivity index (χ2n) is 5.59. The molecule has 0 saturated carbocycles. The molecule has 4 aromatic heterocycles. The summed E-state index contributed by atoms with van der Waals surface area (Å²) in [5.41, 5.74) is 1.84. The largest absolute Gasteiger partial charge is 0.378 e. The topological polar surface area (TPSA) is 79.8 Å². The van der Waals surface area contributed by atoms with E-state index in [1.165, 1.54) is 0 Å². The molecule has 5 rings (SSSR count). The maximum atomic E-state index is 5.49. The molecule has 1 saturated heterocycles. The standard InChI is InChI=1S/C16H14N6OS/c1-2-11-12-13(24-16(11)17-3-1)15(22-4-6-23-7-5-22)21-14(20-12)10-8-18-19-9-10/h1-3,8-9H,4-7H2,(H,18,19). The summed E-state index contributed by atoms with van der Waals surface area (Å²) in [4.78, 5) is 17.4. The van der Waals surface area contributed by atoms with E-state index in [1.54, 1.807) is 17.5 Å². The van der Waals surface area contributed by atoms with Gasteiger partial charge >= 0.3 is 0 Å². The normalized spacial score (nSPS) is 15.4. The molecule has 0 amide bonds. The molecule has 0 unspecified atom stereocenters. The van der Waals surface area contributed by atoms with E-state index < -0.39 is 0 Å². The van der Waals surface area contributed by atoms with Gasteiger partial charge in [0.2, 0.25) is 0 Å². The van der Waals surface area contributed by atoms with Crippen LogP contribution in [0.1, 0.15) is 0 Å². The number of rotatable bonds is 2. The number of aromatic amines is 1. The summed E-state index contributed by atoms with van der Waals surface area (Å²) < 4.78 is 6.57. The fourth-order valence-electron chi connectivity index (χ4n) is 2.96. The van der Waals surface area contributed by atoms with Crippen molar-refractivity contribution in [2.24, 2.45) is 0 Å². The summed E-state index contributed by atoms with van der Waals surface area (Å²) in [6.07, 6.45) is 5.38. The molecule has 120 valence electrons. The van der Waals surface area contributed by atoms with E-state index in [0.717, 1.165) is 58.1 Å². The number of fused-ring (bicyclic) bond motifs is 3. The van der Waals surface area contributed by atoms with Crippen LogP contribution in [0.4, 0.5) is 5.82 Å². The molecule has 0 atom stereocenters. The van der Waals surface area contributed by atoms with Crippen molar-refractivity contribution in [2.45, 2.75) is 0 Å². The van der Waals surface area contributed by atoms with Crippen molar-refractivity contribution in [3.63, 3.8) is 0 Å². The van der Waals surface area contributed by atoms with Gasteiger partial charge in [0.15, 0.2) is 11.6 Å². The van der Waals surface area contributed by atoms with E-state index in [2.05, 4.69) is 26.1 Å². The predicted octanol–water partition coefficient (Wildman–Crippen LogP) is 2.47. The number of hydrogen-bond acceptors (Lipinski definition) is 7. The number of nitrogens with one attached hydrogen (secondary N) is 1. The van der Waals surface area contributed by atoms with Crippen LogP contribution < -0.4 is 4.90 Å². The molecule has 8 heteroatoms. The Balaban J connectivity index is 1.81. The average Bonchev–Trinajstić information content (AvgIpc) is 3.29. The maximum Gasteiger partial charge on any atom is 0.165 e. The van der Waals surface area contributed by atoms with Crippen LogP contribution in [0, 0.1) is 0 Å². The molecule has 1 fully saturated rings. The van der Waals surface area contributed by atoms with Gasteiger partial charge in [-0.2, -0.15) is 5.10 Å². The van der Waals surface area contributed by atoms with Crippen LogP contribution in [0.5, 0.6) is 0 Å². The lowest BCUT2D eigenvalue weighted by Crippen LogP contribution is -2.36. The number of ether oxygens (including phenoxy) is 1. The third-order valence-electron chi connectivity index (χ3n) is 4.14. The number of hydrogen-bond donors (Lipinski definition) is 1. The van der Waals surface area contributed by atoms with E-state index in [4.69, 9.17) is 14.7 Å². The van der Waals surface area contributed by atoms with Gasteiger partial charge in [0.25, 0.3) is 0 Å². The van der Waals surface area contributed by atoms with Crippen molar-refractivity contribution < 1.29 is 4.74 Å². The molecule has 0 aliphatic carbocycles. The first-order valence-electron chi connectivity index (χ1n) is 7.77. The quantitative estimate of drug-likeness (QED) is 0.605. The molecular formula is C16H14N6OS. The number of morpholine rings is 1. The smallest absolute Gasteiger partial charge is 0.165 e. The van der Waals surface area contributed by atoms with Gasteiger partial charge in [-0.05, 0) is 12.1 Å². The summed E-state index contributed by atoms with van der Waals surface area (Å²) in [5, 5.41) is 7.92. The van der Waals surface area contributed by atoms with E-state index in [9.17, 15) is 0 Å². The maximum absolute atomic E-state index is 5.49.